The van der Waals surface area contributed by atoms with Crippen LogP contribution >= 0.6 is 0 Å². The van der Waals surface area contributed by atoms with E-state index in [-0.39, 0.29) is 11.8 Å². The van der Waals surface area contributed by atoms with Gasteiger partial charge in [0.1, 0.15) is 0 Å². The number of para-hydroxylation sites is 2. The molecule has 30 heavy (non-hydrogen) atoms. The van der Waals surface area contributed by atoms with Crippen LogP contribution in [0, 0.1) is 0 Å². The third-order valence-corrected chi connectivity index (χ3v) is 6.35. The van der Waals surface area contributed by atoms with Gasteiger partial charge in [-0.2, -0.15) is 0 Å². The molecule has 3 aromatic carbocycles. The summed E-state index contributed by atoms with van der Waals surface area (Å²) in [4.78, 5) is 32.0. The molecule has 1 aliphatic rings. The zero-order valence-electron chi connectivity index (χ0n) is 17.0. The SMILES string of the molecule is CCCN1C(=O)c2c(c3c4ccccc4n(CC)c3c3[nH]c4ccccc4c23)C1=O. The lowest BCUT2D eigenvalue weighted by Gasteiger charge is -2.11. The summed E-state index contributed by atoms with van der Waals surface area (Å²) in [6.07, 6.45) is 0.738. The van der Waals surface area contributed by atoms with Gasteiger partial charge in [0, 0.05) is 45.7 Å². The van der Waals surface area contributed by atoms with Crippen LogP contribution in [0.1, 0.15) is 41.0 Å². The Balaban J connectivity index is 1.95. The topological polar surface area (TPSA) is 58.1 Å². The van der Waals surface area contributed by atoms with Crippen LogP contribution in [0.15, 0.2) is 48.5 Å². The Hall–Kier alpha value is -3.60. The molecular formula is C25H21N3O2. The van der Waals surface area contributed by atoms with E-state index in [9.17, 15) is 9.59 Å². The lowest BCUT2D eigenvalue weighted by atomic mass is 9.97. The molecule has 0 bridgehead atoms. The van der Waals surface area contributed by atoms with E-state index in [1.807, 2.05) is 43.3 Å². The van der Waals surface area contributed by atoms with Crippen molar-refractivity contribution in [1.82, 2.24) is 14.5 Å². The van der Waals surface area contributed by atoms with Crippen LogP contribution in [0.5, 0.6) is 0 Å². The number of carbonyl (C=O) groups is 2. The summed E-state index contributed by atoms with van der Waals surface area (Å²) >= 11 is 0. The fraction of sp³-hybridized carbons (Fsp3) is 0.200. The normalized spacial score (nSPS) is 14.1. The second kappa shape index (κ2) is 5.95. The Morgan fingerprint density at radius 3 is 2.23 bits per heavy atom. The summed E-state index contributed by atoms with van der Waals surface area (Å²) in [6.45, 7) is 5.31. The molecule has 0 saturated carbocycles. The van der Waals surface area contributed by atoms with Gasteiger partial charge >= 0.3 is 0 Å². The van der Waals surface area contributed by atoms with Gasteiger partial charge in [0.05, 0.1) is 22.2 Å². The molecule has 5 nitrogen and oxygen atoms in total. The van der Waals surface area contributed by atoms with Crippen LogP contribution in [0.4, 0.5) is 0 Å². The average molecular weight is 395 g/mol. The zero-order valence-corrected chi connectivity index (χ0v) is 17.0. The molecule has 148 valence electrons. The molecule has 5 aromatic rings. The van der Waals surface area contributed by atoms with Crippen molar-refractivity contribution in [2.24, 2.45) is 0 Å². The summed E-state index contributed by atoms with van der Waals surface area (Å²) in [7, 11) is 0. The highest BCUT2D eigenvalue weighted by atomic mass is 16.2. The number of nitrogens with one attached hydrogen (secondary N) is 1. The first kappa shape index (κ1) is 17.3. The van der Waals surface area contributed by atoms with Gasteiger partial charge in [0.25, 0.3) is 11.8 Å². The molecule has 0 aliphatic carbocycles. The maximum absolute atomic E-state index is 13.5. The van der Waals surface area contributed by atoms with Crippen molar-refractivity contribution in [3.05, 3.63) is 59.7 Å². The number of hydrogen-bond acceptors (Lipinski definition) is 2. The molecule has 0 spiro atoms. The molecule has 0 unspecified atom stereocenters. The predicted molar refractivity (Wildman–Crippen MR) is 120 cm³/mol. The smallest absolute Gasteiger partial charge is 0.262 e. The Labute approximate surface area is 172 Å². The molecule has 0 fully saturated rings. The number of aromatic amines is 1. The lowest BCUT2D eigenvalue weighted by molar-refractivity contribution is 0.0655. The summed E-state index contributed by atoms with van der Waals surface area (Å²) in [5.74, 6) is -0.352. The number of aromatic nitrogens is 2. The number of carbonyl (C=O) groups excluding carboxylic acids is 2. The van der Waals surface area contributed by atoms with E-state index in [0.29, 0.717) is 17.7 Å². The highest BCUT2D eigenvalue weighted by molar-refractivity contribution is 6.39. The summed E-state index contributed by atoms with van der Waals surface area (Å²) < 4.78 is 2.25. The molecule has 2 aromatic heterocycles. The van der Waals surface area contributed by atoms with E-state index < -0.39 is 0 Å². The van der Waals surface area contributed by atoms with Crippen molar-refractivity contribution < 1.29 is 9.59 Å². The van der Waals surface area contributed by atoms with Gasteiger partial charge in [-0.1, -0.05) is 43.3 Å². The summed E-state index contributed by atoms with van der Waals surface area (Å²) in [5.41, 5.74) is 5.10. The standard InChI is InChI=1S/C25H21N3O2/c1-3-13-28-24(29)20-18-14-9-5-7-11-16(14)26-22(18)23-19(21(20)25(28)30)15-10-6-8-12-17(15)27(23)4-2/h5-12,26H,3-4,13H2,1-2H3. The van der Waals surface area contributed by atoms with Gasteiger partial charge in [0.2, 0.25) is 0 Å². The minimum atomic E-state index is -0.179. The van der Waals surface area contributed by atoms with Gasteiger partial charge in [0.15, 0.2) is 0 Å². The van der Waals surface area contributed by atoms with Crippen LogP contribution in [0.3, 0.4) is 0 Å². The predicted octanol–water partition coefficient (Wildman–Crippen LogP) is 5.45. The molecule has 0 radical (unpaired) electrons. The van der Waals surface area contributed by atoms with E-state index in [1.54, 1.807) is 0 Å². The number of H-pyrrole nitrogens is 1. The quantitative estimate of drug-likeness (QED) is 0.413. The van der Waals surface area contributed by atoms with Gasteiger partial charge in [-0.15, -0.1) is 0 Å². The Bertz CT molecular complexity index is 1540. The number of aryl methyl sites for hydroxylation is 1. The number of nitrogens with zero attached hydrogens (tertiary/aromatic N) is 2. The first-order chi connectivity index (χ1) is 14.7. The monoisotopic (exact) mass is 395 g/mol. The van der Waals surface area contributed by atoms with Crippen LogP contribution in [0.25, 0.3) is 43.6 Å². The van der Waals surface area contributed by atoms with Crippen LogP contribution in [0.2, 0.25) is 0 Å². The van der Waals surface area contributed by atoms with E-state index in [4.69, 9.17) is 0 Å². The third-order valence-electron chi connectivity index (χ3n) is 6.35. The van der Waals surface area contributed by atoms with Gasteiger partial charge in [-0.3, -0.25) is 14.5 Å². The Morgan fingerprint density at radius 2 is 1.50 bits per heavy atom. The lowest BCUT2D eigenvalue weighted by Crippen LogP contribution is -2.30. The van der Waals surface area contributed by atoms with Gasteiger partial charge < -0.3 is 9.55 Å². The number of fused-ring (bicyclic) bond motifs is 10. The highest BCUT2D eigenvalue weighted by Crippen LogP contribution is 2.44. The highest BCUT2D eigenvalue weighted by Gasteiger charge is 2.40. The third kappa shape index (κ3) is 1.92. The van der Waals surface area contributed by atoms with Crippen molar-refractivity contribution >= 4 is 55.4 Å². The molecule has 3 heterocycles. The first-order valence-corrected chi connectivity index (χ1v) is 10.5. The van der Waals surface area contributed by atoms with Crippen LogP contribution < -0.4 is 0 Å². The van der Waals surface area contributed by atoms with E-state index >= 15 is 0 Å². The largest absolute Gasteiger partial charge is 0.353 e. The summed E-state index contributed by atoms with van der Waals surface area (Å²) in [6, 6.07) is 16.2. The van der Waals surface area contributed by atoms with Crippen molar-refractivity contribution in [2.75, 3.05) is 6.54 Å². The second-order valence-electron chi connectivity index (χ2n) is 7.92. The fourth-order valence-electron chi connectivity index (χ4n) is 5.19. The number of benzene rings is 3. The van der Waals surface area contributed by atoms with Crippen LogP contribution in [-0.4, -0.2) is 32.8 Å². The molecule has 0 saturated heterocycles. The first-order valence-electron chi connectivity index (χ1n) is 10.5. The van der Waals surface area contributed by atoms with E-state index in [1.165, 1.54) is 4.90 Å². The van der Waals surface area contributed by atoms with E-state index in [2.05, 4.69) is 28.6 Å². The second-order valence-corrected chi connectivity index (χ2v) is 7.92. The molecule has 5 heteroatoms. The fourth-order valence-corrected chi connectivity index (χ4v) is 5.19. The maximum atomic E-state index is 13.5. The Kier molecular flexibility index (Phi) is 3.43. The van der Waals surface area contributed by atoms with Crippen LogP contribution in [-0.2, 0) is 6.54 Å². The maximum Gasteiger partial charge on any atom is 0.262 e. The number of hydrogen-bond donors (Lipinski definition) is 1. The van der Waals surface area contributed by atoms with E-state index in [0.717, 1.165) is 56.6 Å². The molecule has 2 amide bonds. The molecule has 0 atom stereocenters. The average Bonchev–Trinajstić information content (AvgIpc) is 3.38. The Morgan fingerprint density at radius 1 is 0.833 bits per heavy atom. The molecule has 1 N–H and O–H groups in total. The van der Waals surface area contributed by atoms with Crippen molar-refractivity contribution in [1.29, 1.82) is 0 Å². The minimum Gasteiger partial charge on any atom is -0.353 e. The van der Waals surface area contributed by atoms with Crippen molar-refractivity contribution in [3.63, 3.8) is 0 Å². The van der Waals surface area contributed by atoms with Gasteiger partial charge in [-0.25, -0.2) is 0 Å². The molecule has 1 aliphatic heterocycles. The number of amides is 2. The number of imide groups is 1. The minimum absolute atomic E-state index is 0.173. The number of rotatable bonds is 3. The van der Waals surface area contributed by atoms with Gasteiger partial charge in [-0.05, 0) is 25.5 Å². The zero-order chi connectivity index (χ0) is 20.6. The van der Waals surface area contributed by atoms with Crippen molar-refractivity contribution in [2.45, 2.75) is 26.8 Å². The molecular weight excluding hydrogens is 374 g/mol. The summed E-state index contributed by atoms with van der Waals surface area (Å²) in [5, 5.41) is 3.75. The van der Waals surface area contributed by atoms with Crippen molar-refractivity contribution in [3.8, 4) is 0 Å². The molecule has 6 rings (SSSR count).